The van der Waals surface area contributed by atoms with E-state index in [4.69, 9.17) is 21.7 Å². The fourth-order valence-electron chi connectivity index (χ4n) is 2.47. The number of amides is 1. The van der Waals surface area contributed by atoms with Gasteiger partial charge in [-0.3, -0.25) is 25.8 Å². The summed E-state index contributed by atoms with van der Waals surface area (Å²) >= 11 is 5.17. The van der Waals surface area contributed by atoms with E-state index in [-0.39, 0.29) is 16.7 Å². The van der Waals surface area contributed by atoms with Gasteiger partial charge in [-0.2, -0.15) is 0 Å². The highest BCUT2D eigenvalue weighted by Gasteiger charge is 2.07. The van der Waals surface area contributed by atoms with E-state index in [9.17, 15) is 14.9 Å². The minimum absolute atomic E-state index is 0.00741. The third kappa shape index (κ3) is 6.15. The predicted molar refractivity (Wildman–Crippen MR) is 119 cm³/mol. The normalized spacial score (nSPS) is 9.97. The molecule has 3 N–H and O–H groups in total. The number of rotatable bonds is 6. The van der Waals surface area contributed by atoms with Crippen LogP contribution in [0.3, 0.4) is 0 Å². The first-order valence-corrected chi connectivity index (χ1v) is 9.39. The summed E-state index contributed by atoms with van der Waals surface area (Å²) in [5.74, 6) is 1.33. The lowest BCUT2D eigenvalue weighted by Crippen LogP contribution is -2.43. The first kappa shape index (κ1) is 21.5. The number of anilines is 1. The lowest BCUT2D eigenvalue weighted by Gasteiger charge is -2.12. The zero-order valence-electron chi connectivity index (χ0n) is 16.3. The second-order valence-electron chi connectivity index (χ2n) is 6.14. The number of nitrogens with one attached hydrogen (secondary N) is 3. The van der Waals surface area contributed by atoms with E-state index in [1.807, 2.05) is 0 Å². The van der Waals surface area contributed by atoms with Crippen molar-refractivity contribution in [1.29, 1.82) is 0 Å². The summed E-state index contributed by atoms with van der Waals surface area (Å²) in [5.41, 5.74) is 6.25. The third-order valence-electron chi connectivity index (χ3n) is 4.04. The van der Waals surface area contributed by atoms with Crippen LogP contribution in [0.1, 0.15) is 10.4 Å². The van der Waals surface area contributed by atoms with Gasteiger partial charge in [0.15, 0.2) is 5.11 Å². The van der Waals surface area contributed by atoms with Crippen LogP contribution >= 0.6 is 12.2 Å². The van der Waals surface area contributed by atoms with Crippen LogP contribution in [0.25, 0.3) is 0 Å². The summed E-state index contributed by atoms with van der Waals surface area (Å²) in [6.07, 6.45) is 0. The number of hydrazine groups is 1. The summed E-state index contributed by atoms with van der Waals surface area (Å²) in [7, 11) is 1.55. The number of carbonyl (C=O) groups excluding carboxylic acids is 1. The Morgan fingerprint density at radius 2 is 1.42 bits per heavy atom. The molecule has 3 rings (SSSR count). The van der Waals surface area contributed by atoms with Crippen LogP contribution in [-0.2, 0) is 0 Å². The molecule has 0 aromatic heterocycles. The molecule has 0 bridgehead atoms. The van der Waals surface area contributed by atoms with E-state index in [1.165, 1.54) is 24.3 Å². The molecule has 0 aliphatic carbocycles. The van der Waals surface area contributed by atoms with E-state index in [0.29, 0.717) is 28.5 Å². The maximum Gasteiger partial charge on any atom is 0.269 e. The molecule has 9 nitrogen and oxygen atoms in total. The number of nitro benzene ring substituents is 1. The van der Waals surface area contributed by atoms with Crippen molar-refractivity contribution >= 4 is 34.6 Å². The number of benzene rings is 3. The van der Waals surface area contributed by atoms with Crippen LogP contribution in [0.5, 0.6) is 17.2 Å². The predicted octanol–water partition coefficient (Wildman–Crippen LogP) is 4.03. The van der Waals surface area contributed by atoms with Crippen LogP contribution in [0.4, 0.5) is 11.4 Å². The Labute approximate surface area is 183 Å². The molecule has 31 heavy (non-hydrogen) atoms. The molecule has 3 aromatic carbocycles. The van der Waals surface area contributed by atoms with Crippen molar-refractivity contribution in [2.24, 2.45) is 0 Å². The Morgan fingerprint density at radius 1 is 0.871 bits per heavy atom. The molecule has 0 saturated heterocycles. The van der Waals surface area contributed by atoms with Gasteiger partial charge in [0.2, 0.25) is 0 Å². The highest BCUT2D eigenvalue weighted by atomic mass is 32.1. The number of carbonyl (C=O) groups is 1. The van der Waals surface area contributed by atoms with E-state index in [0.717, 1.165) is 0 Å². The topological polar surface area (TPSA) is 115 Å². The monoisotopic (exact) mass is 438 g/mol. The summed E-state index contributed by atoms with van der Waals surface area (Å²) in [6.45, 7) is 0. The van der Waals surface area contributed by atoms with Gasteiger partial charge in [-0.15, -0.1) is 0 Å². The summed E-state index contributed by atoms with van der Waals surface area (Å²) in [5, 5.41) is 13.8. The van der Waals surface area contributed by atoms with Crippen LogP contribution in [0.15, 0.2) is 72.8 Å². The van der Waals surface area contributed by atoms with E-state index in [2.05, 4.69) is 16.2 Å². The summed E-state index contributed by atoms with van der Waals surface area (Å²) in [4.78, 5) is 22.3. The molecule has 0 aliphatic heterocycles. The van der Waals surface area contributed by atoms with Gasteiger partial charge in [0.05, 0.1) is 12.0 Å². The summed E-state index contributed by atoms with van der Waals surface area (Å²) < 4.78 is 10.7. The maximum absolute atomic E-state index is 12.1. The van der Waals surface area contributed by atoms with Crippen LogP contribution < -0.4 is 25.6 Å². The molecule has 0 aliphatic rings. The number of thiocarbonyl (C=S) groups is 1. The first-order valence-electron chi connectivity index (χ1n) is 8.98. The number of hydrogen-bond acceptors (Lipinski definition) is 6. The highest BCUT2D eigenvalue weighted by molar-refractivity contribution is 7.80. The number of nitrogens with zero attached hydrogens (tertiary/aromatic N) is 1. The van der Waals surface area contributed by atoms with Crippen LogP contribution in [0, 0.1) is 10.1 Å². The van der Waals surface area contributed by atoms with Gasteiger partial charge in [0.25, 0.3) is 11.6 Å². The van der Waals surface area contributed by atoms with Gasteiger partial charge >= 0.3 is 0 Å². The second-order valence-corrected chi connectivity index (χ2v) is 6.55. The fourth-order valence-corrected chi connectivity index (χ4v) is 2.64. The average molecular weight is 438 g/mol. The lowest BCUT2D eigenvalue weighted by molar-refractivity contribution is -0.384. The molecule has 0 radical (unpaired) electrons. The number of nitro groups is 1. The molecular weight excluding hydrogens is 420 g/mol. The Bertz CT molecular complexity index is 1070. The van der Waals surface area contributed by atoms with Crippen molar-refractivity contribution in [3.63, 3.8) is 0 Å². The lowest BCUT2D eigenvalue weighted by atomic mass is 10.2. The van der Waals surface area contributed by atoms with Gasteiger partial charge in [0, 0.05) is 23.4 Å². The smallest absolute Gasteiger partial charge is 0.269 e. The third-order valence-corrected chi connectivity index (χ3v) is 4.24. The number of methoxy groups -OCH3 is 1. The minimum Gasteiger partial charge on any atom is -0.497 e. The molecule has 0 atom stereocenters. The Kier molecular flexibility index (Phi) is 6.97. The van der Waals surface area contributed by atoms with Crippen molar-refractivity contribution in [1.82, 2.24) is 10.9 Å². The van der Waals surface area contributed by atoms with Gasteiger partial charge < -0.3 is 14.8 Å². The van der Waals surface area contributed by atoms with E-state index in [1.54, 1.807) is 55.6 Å². The SMILES string of the molecule is COc1ccc(C(=O)NNC(=S)Nc2ccc(Oc3ccc([N+](=O)[O-])cc3)cc2)cc1. The van der Waals surface area contributed by atoms with Gasteiger partial charge in [0.1, 0.15) is 17.2 Å². The van der Waals surface area contributed by atoms with Crippen molar-refractivity contribution in [3.8, 4) is 17.2 Å². The standard InChI is InChI=1S/C21H18N4O5S/c1-29-17-8-2-14(3-9-17)20(26)23-24-21(31)22-15-4-10-18(11-5-15)30-19-12-6-16(7-13-19)25(27)28/h2-13H,1H3,(H,23,26)(H2,22,24,31). The largest absolute Gasteiger partial charge is 0.497 e. The van der Waals surface area contributed by atoms with E-state index >= 15 is 0 Å². The summed E-state index contributed by atoms with van der Waals surface area (Å²) in [6, 6.07) is 19.3. The molecule has 0 heterocycles. The average Bonchev–Trinajstić information content (AvgIpc) is 2.79. The van der Waals surface area contributed by atoms with Crippen molar-refractivity contribution < 1.29 is 19.2 Å². The second kappa shape index (κ2) is 10.0. The van der Waals surface area contributed by atoms with Crippen molar-refractivity contribution in [2.75, 3.05) is 12.4 Å². The zero-order valence-corrected chi connectivity index (χ0v) is 17.1. The number of ether oxygens (including phenoxy) is 2. The van der Waals surface area contributed by atoms with Crippen molar-refractivity contribution in [2.45, 2.75) is 0 Å². The zero-order chi connectivity index (χ0) is 22.2. The molecule has 158 valence electrons. The number of hydrogen-bond donors (Lipinski definition) is 3. The van der Waals surface area contributed by atoms with Gasteiger partial charge in [-0.05, 0) is 72.9 Å². The van der Waals surface area contributed by atoms with Crippen LogP contribution in [0.2, 0.25) is 0 Å². The first-order chi connectivity index (χ1) is 14.9. The van der Waals surface area contributed by atoms with E-state index < -0.39 is 4.92 Å². The number of non-ortho nitro benzene ring substituents is 1. The molecular formula is C21H18N4O5S. The highest BCUT2D eigenvalue weighted by Crippen LogP contribution is 2.25. The molecule has 0 saturated carbocycles. The van der Waals surface area contributed by atoms with Gasteiger partial charge in [-0.1, -0.05) is 0 Å². The molecule has 0 unspecified atom stereocenters. The quantitative estimate of drug-likeness (QED) is 0.300. The molecule has 3 aromatic rings. The maximum atomic E-state index is 12.1. The fraction of sp³-hybridized carbons (Fsp3) is 0.0476. The Morgan fingerprint density at radius 3 is 1.97 bits per heavy atom. The Hall–Kier alpha value is -4.18. The molecule has 1 amide bonds. The van der Waals surface area contributed by atoms with Crippen molar-refractivity contribution in [3.05, 3.63) is 88.5 Å². The molecule has 0 spiro atoms. The van der Waals surface area contributed by atoms with Crippen LogP contribution in [-0.4, -0.2) is 23.1 Å². The molecule has 10 heteroatoms. The molecule has 0 fully saturated rings. The Balaban J connectivity index is 1.48. The minimum atomic E-state index is -0.472. The van der Waals surface area contributed by atoms with Gasteiger partial charge in [-0.25, -0.2) is 0 Å².